The molecule has 0 aromatic carbocycles. The molecule has 1 N–H and O–H groups in total. The van der Waals surface area contributed by atoms with Crippen molar-refractivity contribution in [1.29, 1.82) is 0 Å². The molecule has 0 radical (unpaired) electrons. The summed E-state index contributed by atoms with van der Waals surface area (Å²) in [4.78, 5) is 2.59. The van der Waals surface area contributed by atoms with Gasteiger partial charge < -0.3 is 10.2 Å². The minimum absolute atomic E-state index is 0.699. The second-order valence-corrected chi connectivity index (χ2v) is 5.62. The summed E-state index contributed by atoms with van der Waals surface area (Å²) < 4.78 is 0. The van der Waals surface area contributed by atoms with E-state index in [0.29, 0.717) is 6.04 Å². The SMILES string of the molecule is CCC(NC1CCN(CC)C(C)C1)C(C)C. The number of nitrogens with one attached hydrogen (secondary N) is 1. The van der Waals surface area contributed by atoms with Crippen LogP contribution in [0.2, 0.25) is 0 Å². The summed E-state index contributed by atoms with van der Waals surface area (Å²) in [7, 11) is 0. The Hall–Kier alpha value is -0.0800. The first kappa shape index (κ1) is 14.0. The first-order valence-corrected chi connectivity index (χ1v) is 7.08. The third-order valence-electron chi connectivity index (χ3n) is 4.11. The monoisotopic (exact) mass is 226 g/mol. The predicted molar refractivity (Wildman–Crippen MR) is 71.8 cm³/mol. The average molecular weight is 226 g/mol. The van der Waals surface area contributed by atoms with Gasteiger partial charge in [-0.15, -0.1) is 0 Å². The fraction of sp³-hybridized carbons (Fsp3) is 1.00. The highest BCUT2D eigenvalue weighted by atomic mass is 15.2. The van der Waals surface area contributed by atoms with Crippen LogP contribution in [0.25, 0.3) is 0 Å². The van der Waals surface area contributed by atoms with Gasteiger partial charge >= 0.3 is 0 Å². The zero-order chi connectivity index (χ0) is 12.1. The van der Waals surface area contributed by atoms with Gasteiger partial charge in [0.15, 0.2) is 0 Å². The van der Waals surface area contributed by atoms with E-state index in [2.05, 4.69) is 44.8 Å². The van der Waals surface area contributed by atoms with Gasteiger partial charge in [-0.2, -0.15) is 0 Å². The van der Waals surface area contributed by atoms with E-state index in [1.54, 1.807) is 0 Å². The van der Waals surface area contributed by atoms with E-state index < -0.39 is 0 Å². The summed E-state index contributed by atoms with van der Waals surface area (Å²) in [6, 6.07) is 2.19. The Labute approximate surface area is 102 Å². The first-order chi connectivity index (χ1) is 7.58. The molecule has 1 aliphatic rings. The molecule has 0 saturated carbocycles. The lowest BCUT2D eigenvalue weighted by molar-refractivity contribution is 0.133. The first-order valence-electron chi connectivity index (χ1n) is 7.08. The van der Waals surface area contributed by atoms with Gasteiger partial charge in [0.2, 0.25) is 0 Å². The zero-order valence-electron chi connectivity index (χ0n) is 11.8. The molecule has 0 bridgehead atoms. The smallest absolute Gasteiger partial charge is 0.00967 e. The number of hydrogen-bond acceptors (Lipinski definition) is 2. The standard InChI is InChI=1S/C14H30N2/c1-6-14(11(3)4)15-13-8-9-16(7-2)12(5)10-13/h11-15H,6-10H2,1-5H3. The van der Waals surface area contributed by atoms with Crippen molar-refractivity contribution in [1.82, 2.24) is 10.2 Å². The van der Waals surface area contributed by atoms with Crippen molar-refractivity contribution in [3.8, 4) is 0 Å². The highest BCUT2D eigenvalue weighted by Crippen LogP contribution is 2.19. The molecule has 1 fully saturated rings. The molecule has 3 atom stereocenters. The molecule has 0 aromatic rings. The molecule has 1 rings (SSSR count). The average Bonchev–Trinajstić information content (AvgIpc) is 2.25. The number of piperidine rings is 1. The Kier molecular flexibility index (Phi) is 5.77. The largest absolute Gasteiger partial charge is 0.311 e. The van der Waals surface area contributed by atoms with Crippen molar-refractivity contribution in [2.75, 3.05) is 13.1 Å². The molecule has 16 heavy (non-hydrogen) atoms. The summed E-state index contributed by atoms with van der Waals surface area (Å²) in [5.74, 6) is 0.754. The minimum atomic E-state index is 0.699. The molecular formula is C14H30N2. The second-order valence-electron chi connectivity index (χ2n) is 5.62. The van der Waals surface area contributed by atoms with Crippen molar-refractivity contribution in [3.63, 3.8) is 0 Å². The molecule has 1 heterocycles. The number of rotatable bonds is 5. The van der Waals surface area contributed by atoms with Crippen LogP contribution in [0.15, 0.2) is 0 Å². The van der Waals surface area contributed by atoms with Gasteiger partial charge in [-0.05, 0) is 45.2 Å². The van der Waals surface area contributed by atoms with Crippen molar-refractivity contribution in [2.45, 2.75) is 72.0 Å². The lowest BCUT2D eigenvalue weighted by atomic mass is 9.94. The van der Waals surface area contributed by atoms with E-state index >= 15 is 0 Å². The summed E-state index contributed by atoms with van der Waals surface area (Å²) in [5, 5.41) is 3.85. The van der Waals surface area contributed by atoms with Gasteiger partial charge in [0.25, 0.3) is 0 Å². The van der Waals surface area contributed by atoms with E-state index in [1.807, 2.05) is 0 Å². The Morgan fingerprint density at radius 3 is 2.44 bits per heavy atom. The van der Waals surface area contributed by atoms with Crippen LogP contribution in [-0.2, 0) is 0 Å². The lowest BCUT2D eigenvalue weighted by Gasteiger charge is -2.39. The van der Waals surface area contributed by atoms with E-state index in [1.165, 1.54) is 32.4 Å². The van der Waals surface area contributed by atoms with Crippen LogP contribution in [0.4, 0.5) is 0 Å². The van der Waals surface area contributed by atoms with Crippen LogP contribution in [-0.4, -0.2) is 36.1 Å². The summed E-state index contributed by atoms with van der Waals surface area (Å²) in [6.45, 7) is 14.1. The maximum absolute atomic E-state index is 3.85. The van der Waals surface area contributed by atoms with Crippen LogP contribution in [0.3, 0.4) is 0 Å². The van der Waals surface area contributed by atoms with E-state index in [4.69, 9.17) is 0 Å². The van der Waals surface area contributed by atoms with E-state index in [-0.39, 0.29) is 0 Å². The van der Waals surface area contributed by atoms with Crippen LogP contribution in [0.1, 0.15) is 53.9 Å². The van der Waals surface area contributed by atoms with Gasteiger partial charge in [0.05, 0.1) is 0 Å². The van der Waals surface area contributed by atoms with Crippen LogP contribution in [0, 0.1) is 5.92 Å². The van der Waals surface area contributed by atoms with Gasteiger partial charge in [0.1, 0.15) is 0 Å². The third kappa shape index (κ3) is 3.74. The van der Waals surface area contributed by atoms with Gasteiger partial charge in [-0.25, -0.2) is 0 Å². The highest BCUT2D eigenvalue weighted by Gasteiger charge is 2.26. The minimum Gasteiger partial charge on any atom is -0.311 e. The summed E-state index contributed by atoms with van der Waals surface area (Å²) in [5.41, 5.74) is 0. The van der Waals surface area contributed by atoms with Gasteiger partial charge in [0, 0.05) is 18.1 Å². The van der Waals surface area contributed by atoms with E-state index in [0.717, 1.165) is 18.0 Å². The maximum Gasteiger partial charge on any atom is 0.00967 e. The molecule has 1 saturated heterocycles. The van der Waals surface area contributed by atoms with Gasteiger partial charge in [-0.1, -0.05) is 27.7 Å². The fourth-order valence-electron chi connectivity index (χ4n) is 2.93. The molecule has 0 spiro atoms. The normalized spacial score (nSPS) is 29.6. The van der Waals surface area contributed by atoms with Crippen LogP contribution < -0.4 is 5.32 Å². The lowest BCUT2D eigenvalue weighted by Crippen LogP contribution is -2.50. The molecule has 3 unspecified atom stereocenters. The van der Waals surface area contributed by atoms with Crippen molar-refractivity contribution < 1.29 is 0 Å². The highest BCUT2D eigenvalue weighted by molar-refractivity contribution is 4.85. The second kappa shape index (κ2) is 6.61. The maximum atomic E-state index is 3.85. The third-order valence-corrected chi connectivity index (χ3v) is 4.11. The molecular weight excluding hydrogens is 196 g/mol. The van der Waals surface area contributed by atoms with Crippen molar-refractivity contribution in [3.05, 3.63) is 0 Å². The molecule has 0 aliphatic carbocycles. The number of hydrogen-bond donors (Lipinski definition) is 1. The fourth-order valence-corrected chi connectivity index (χ4v) is 2.93. The summed E-state index contributed by atoms with van der Waals surface area (Å²) in [6.07, 6.45) is 3.89. The molecule has 2 nitrogen and oxygen atoms in total. The molecule has 1 aliphatic heterocycles. The number of likely N-dealkylation sites (tertiary alicyclic amines) is 1. The topological polar surface area (TPSA) is 15.3 Å². The molecule has 2 heteroatoms. The van der Waals surface area contributed by atoms with Crippen LogP contribution in [0.5, 0.6) is 0 Å². The Balaban J connectivity index is 2.39. The van der Waals surface area contributed by atoms with Gasteiger partial charge in [-0.3, -0.25) is 0 Å². The zero-order valence-corrected chi connectivity index (χ0v) is 11.8. The quantitative estimate of drug-likeness (QED) is 0.775. The van der Waals surface area contributed by atoms with E-state index in [9.17, 15) is 0 Å². The van der Waals surface area contributed by atoms with Crippen molar-refractivity contribution in [2.24, 2.45) is 5.92 Å². The molecule has 96 valence electrons. The number of nitrogens with zero attached hydrogens (tertiary/aromatic N) is 1. The Morgan fingerprint density at radius 2 is 2.00 bits per heavy atom. The molecule has 0 aromatic heterocycles. The predicted octanol–water partition coefficient (Wildman–Crippen LogP) is 2.88. The van der Waals surface area contributed by atoms with Crippen LogP contribution >= 0.6 is 0 Å². The summed E-state index contributed by atoms with van der Waals surface area (Å²) >= 11 is 0. The van der Waals surface area contributed by atoms with Crippen molar-refractivity contribution >= 4 is 0 Å². The molecule has 0 amide bonds. The Morgan fingerprint density at radius 1 is 1.31 bits per heavy atom. The Bertz CT molecular complexity index is 191.